The van der Waals surface area contributed by atoms with E-state index in [0.717, 1.165) is 5.39 Å². The third kappa shape index (κ3) is 2.21. The number of carbonyl (C=O) groups is 1. The molecule has 18 heavy (non-hydrogen) atoms. The second-order valence-electron chi connectivity index (χ2n) is 4.99. The molecule has 0 atom stereocenters. The van der Waals surface area contributed by atoms with Crippen LogP contribution in [0.25, 0.3) is 15.7 Å². The first-order valence-corrected chi connectivity index (χ1v) is 5.63. The molecule has 0 aliphatic carbocycles. The van der Waals surface area contributed by atoms with Gasteiger partial charge in [-0.15, -0.1) is 0 Å². The molecule has 1 aromatic heterocycles. The Hall–Kier alpha value is -2.28. The van der Waals surface area contributed by atoms with Crippen molar-refractivity contribution < 1.29 is 9.53 Å². The van der Waals surface area contributed by atoms with E-state index in [0.29, 0.717) is 11.2 Å². The van der Waals surface area contributed by atoms with Gasteiger partial charge in [0.15, 0.2) is 5.69 Å². The van der Waals surface area contributed by atoms with Crippen molar-refractivity contribution in [3.63, 3.8) is 0 Å². The van der Waals surface area contributed by atoms with Crippen molar-refractivity contribution in [1.82, 2.24) is 4.57 Å². The predicted octanol–water partition coefficient (Wildman–Crippen LogP) is 3.98. The van der Waals surface area contributed by atoms with Crippen LogP contribution in [0.4, 0.5) is 10.5 Å². The molecule has 0 saturated carbocycles. The molecule has 0 fully saturated rings. The van der Waals surface area contributed by atoms with Crippen LogP contribution in [0.3, 0.4) is 0 Å². The van der Waals surface area contributed by atoms with Crippen LogP contribution in [-0.4, -0.2) is 16.3 Å². The van der Waals surface area contributed by atoms with E-state index in [4.69, 9.17) is 11.3 Å². The lowest BCUT2D eigenvalue weighted by Gasteiger charge is -2.19. The Bertz CT molecular complexity index is 642. The summed E-state index contributed by atoms with van der Waals surface area (Å²) in [5.74, 6) is 0. The zero-order valence-electron chi connectivity index (χ0n) is 10.6. The fourth-order valence-electron chi connectivity index (χ4n) is 1.72. The molecule has 0 aliphatic rings. The maximum absolute atomic E-state index is 12.0. The highest BCUT2D eigenvalue weighted by Gasteiger charge is 2.19. The van der Waals surface area contributed by atoms with Gasteiger partial charge in [0, 0.05) is 17.1 Å². The van der Waals surface area contributed by atoms with Gasteiger partial charge in [0.05, 0.1) is 6.57 Å². The monoisotopic (exact) mass is 242 g/mol. The maximum atomic E-state index is 12.0. The topological polar surface area (TPSA) is 35.6 Å². The molecule has 0 unspecified atom stereocenters. The molecule has 0 amide bonds. The van der Waals surface area contributed by atoms with Crippen LogP contribution in [0.15, 0.2) is 30.5 Å². The van der Waals surface area contributed by atoms with E-state index < -0.39 is 11.7 Å². The summed E-state index contributed by atoms with van der Waals surface area (Å²) in [7, 11) is 0. The lowest BCUT2D eigenvalue weighted by Crippen LogP contribution is -2.26. The molecule has 4 heteroatoms. The third-order valence-electron chi connectivity index (χ3n) is 2.42. The zero-order valence-corrected chi connectivity index (χ0v) is 10.6. The number of rotatable bonds is 0. The molecule has 2 aromatic rings. The van der Waals surface area contributed by atoms with Crippen molar-refractivity contribution in [3.8, 4) is 0 Å². The summed E-state index contributed by atoms with van der Waals surface area (Å²) >= 11 is 0. The van der Waals surface area contributed by atoms with Gasteiger partial charge in [0.2, 0.25) is 0 Å². The van der Waals surface area contributed by atoms with Gasteiger partial charge in [-0.05, 0) is 32.9 Å². The highest BCUT2D eigenvalue weighted by atomic mass is 16.6. The van der Waals surface area contributed by atoms with Gasteiger partial charge in [-0.1, -0.05) is 12.1 Å². The van der Waals surface area contributed by atoms with Gasteiger partial charge in [0.25, 0.3) is 0 Å². The Morgan fingerprint density at radius 2 is 2.06 bits per heavy atom. The molecule has 0 radical (unpaired) electrons. The van der Waals surface area contributed by atoms with Gasteiger partial charge < -0.3 is 4.74 Å². The fourth-order valence-corrected chi connectivity index (χ4v) is 1.72. The lowest BCUT2D eigenvalue weighted by atomic mass is 10.2. The summed E-state index contributed by atoms with van der Waals surface area (Å²) in [6.45, 7) is 12.5. The van der Waals surface area contributed by atoms with Gasteiger partial charge in [0.1, 0.15) is 5.60 Å². The summed E-state index contributed by atoms with van der Waals surface area (Å²) in [6, 6.07) is 7.05. The van der Waals surface area contributed by atoms with E-state index in [1.54, 1.807) is 30.5 Å². The van der Waals surface area contributed by atoms with E-state index >= 15 is 0 Å². The zero-order chi connectivity index (χ0) is 13.3. The highest BCUT2D eigenvalue weighted by Crippen LogP contribution is 2.27. The van der Waals surface area contributed by atoms with E-state index in [1.807, 2.05) is 20.8 Å². The minimum absolute atomic E-state index is 0.431. The average Bonchev–Trinajstić information content (AvgIpc) is 2.69. The molecule has 0 bridgehead atoms. The van der Waals surface area contributed by atoms with Crippen molar-refractivity contribution in [2.75, 3.05) is 0 Å². The largest absolute Gasteiger partial charge is 0.443 e. The van der Waals surface area contributed by atoms with Gasteiger partial charge in [-0.2, -0.15) is 0 Å². The van der Waals surface area contributed by atoms with Crippen LogP contribution in [0.5, 0.6) is 0 Å². The summed E-state index contributed by atoms with van der Waals surface area (Å²) in [6.07, 6.45) is 1.20. The molecular formula is C14H14N2O2. The smallest absolute Gasteiger partial charge is 0.418 e. The number of carbonyl (C=O) groups excluding carboxylic acids is 1. The second-order valence-corrected chi connectivity index (χ2v) is 4.99. The van der Waals surface area contributed by atoms with Crippen molar-refractivity contribution in [2.45, 2.75) is 26.4 Å². The van der Waals surface area contributed by atoms with Crippen molar-refractivity contribution in [3.05, 3.63) is 41.9 Å². The van der Waals surface area contributed by atoms with E-state index in [9.17, 15) is 4.79 Å². The Labute approximate surface area is 106 Å². The van der Waals surface area contributed by atoms with Crippen LogP contribution >= 0.6 is 0 Å². The van der Waals surface area contributed by atoms with E-state index in [1.165, 1.54) is 4.57 Å². The molecule has 0 spiro atoms. The number of benzene rings is 1. The number of hydrogen-bond donors (Lipinski definition) is 0. The molecular weight excluding hydrogens is 228 g/mol. The second kappa shape index (κ2) is 4.19. The minimum atomic E-state index is -0.537. The Balaban J connectivity index is 2.48. The molecule has 92 valence electrons. The first-order chi connectivity index (χ1) is 8.42. The van der Waals surface area contributed by atoms with Crippen LogP contribution in [-0.2, 0) is 4.74 Å². The van der Waals surface area contributed by atoms with Gasteiger partial charge in [-0.3, -0.25) is 4.57 Å². The Kier molecular flexibility index (Phi) is 2.84. The fraction of sp³-hybridized carbons (Fsp3) is 0.286. The van der Waals surface area contributed by atoms with Gasteiger partial charge >= 0.3 is 6.09 Å². The molecule has 4 nitrogen and oxygen atoms in total. The first kappa shape index (κ1) is 12.2. The summed E-state index contributed by atoms with van der Waals surface area (Å²) in [5.41, 5.74) is 0.693. The van der Waals surface area contributed by atoms with Crippen LogP contribution < -0.4 is 0 Å². The van der Waals surface area contributed by atoms with E-state index in [2.05, 4.69) is 4.85 Å². The number of aromatic nitrogens is 1. The minimum Gasteiger partial charge on any atom is -0.443 e. The number of nitrogens with zero attached hydrogens (tertiary/aromatic N) is 2. The molecule has 2 rings (SSSR count). The molecule has 0 aliphatic heterocycles. The summed E-state index contributed by atoms with van der Waals surface area (Å²) in [5, 5.41) is 0.762. The molecule has 1 aromatic carbocycles. The summed E-state index contributed by atoms with van der Waals surface area (Å²) in [4.78, 5) is 15.4. The SMILES string of the molecule is [C-]#[N+]c1cccc2c1ccn2C(=O)OC(C)(C)C. The molecule has 0 saturated heterocycles. The predicted molar refractivity (Wildman–Crippen MR) is 69.8 cm³/mol. The normalized spacial score (nSPS) is 11.2. The van der Waals surface area contributed by atoms with Crippen molar-refractivity contribution in [1.29, 1.82) is 0 Å². The number of hydrogen-bond acceptors (Lipinski definition) is 2. The van der Waals surface area contributed by atoms with Crippen LogP contribution in [0.2, 0.25) is 0 Å². The quantitative estimate of drug-likeness (QED) is 0.655. The average molecular weight is 242 g/mol. The standard InChI is InChI=1S/C14H14N2O2/c1-14(2,3)18-13(17)16-9-8-10-11(15-4)6-5-7-12(10)16/h5-9H,1-3H3. The van der Waals surface area contributed by atoms with Crippen LogP contribution in [0.1, 0.15) is 20.8 Å². The number of ether oxygens (including phenoxy) is 1. The van der Waals surface area contributed by atoms with E-state index in [-0.39, 0.29) is 0 Å². The Morgan fingerprint density at radius 1 is 1.33 bits per heavy atom. The van der Waals surface area contributed by atoms with Gasteiger partial charge in [-0.25, -0.2) is 9.64 Å². The third-order valence-corrected chi connectivity index (χ3v) is 2.42. The van der Waals surface area contributed by atoms with Crippen LogP contribution in [0, 0.1) is 6.57 Å². The Morgan fingerprint density at radius 3 is 2.67 bits per heavy atom. The lowest BCUT2D eigenvalue weighted by molar-refractivity contribution is 0.0544. The van der Waals surface area contributed by atoms with Crippen molar-refractivity contribution >= 4 is 22.7 Å². The summed E-state index contributed by atoms with van der Waals surface area (Å²) < 4.78 is 6.74. The molecule has 1 heterocycles. The highest BCUT2D eigenvalue weighted by molar-refractivity contribution is 5.97. The molecule has 0 N–H and O–H groups in total. The van der Waals surface area contributed by atoms with Crippen molar-refractivity contribution in [2.24, 2.45) is 0 Å². The first-order valence-electron chi connectivity index (χ1n) is 5.63. The maximum Gasteiger partial charge on any atom is 0.418 e. The number of fused-ring (bicyclic) bond motifs is 1.